The van der Waals surface area contributed by atoms with Gasteiger partial charge in [-0.1, -0.05) is 38.3 Å². The summed E-state index contributed by atoms with van der Waals surface area (Å²) in [6.45, 7) is 4.85. The summed E-state index contributed by atoms with van der Waals surface area (Å²) in [5.74, 6) is 0. The number of nitrogens with zero attached hydrogens (tertiary/aromatic N) is 1. The van der Waals surface area contributed by atoms with Crippen LogP contribution in [0, 0.1) is 0 Å². The van der Waals surface area contributed by atoms with Gasteiger partial charge in [-0.3, -0.25) is 0 Å². The van der Waals surface area contributed by atoms with E-state index in [0.29, 0.717) is 11.4 Å². The number of hydrogen-bond acceptors (Lipinski definition) is 2. The van der Waals surface area contributed by atoms with Crippen molar-refractivity contribution in [3.63, 3.8) is 0 Å². The summed E-state index contributed by atoms with van der Waals surface area (Å²) >= 11 is 0. The Labute approximate surface area is 129 Å². The molecule has 0 radical (unpaired) electrons. The molecule has 1 unspecified atom stereocenters. The molecule has 118 valence electrons. The number of piperidine rings is 1. The smallest absolute Gasteiger partial charge is 0.207 e. The molecule has 1 aromatic carbocycles. The molecule has 3 nitrogen and oxygen atoms in total. The lowest BCUT2D eigenvalue weighted by Crippen LogP contribution is -2.41. The van der Waals surface area contributed by atoms with Gasteiger partial charge in [0.15, 0.2) is 0 Å². The molecule has 4 heteroatoms. The minimum absolute atomic E-state index is 0.119. The SMILES string of the molecule is CCCCCc1ccc(S(=O)(=O)N2CCCCC2C)cc1. The molecule has 2 rings (SSSR count). The van der Waals surface area contributed by atoms with Gasteiger partial charge in [-0.05, 0) is 50.3 Å². The number of benzene rings is 1. The van der Waals surface area contributed by atoms with Crippen molar-refractivity contribution >= 4 is 10.0 Å². The van der Waals surface area contributed by atoms with E-state index in [2.05, 4.69) is 6.92 Å². The summed E-state index contributed by atoms with van der Waals surface area (Å²) in [6.07, 6.45) is 7.71. The van der Waals surface area contributed by atoms with Crippen molar-refractivity contribution in [2.75, 3.05) is 6.54 Å². The quantitative estimate of drug-likeness (QED) is 0.745. The standard InChI is InChI=1S/C17H27NO2S/c1-3-4-5-9-16-10-12-17(13-11-16)21(19,20)18-14-7-6-8-15(18)2/h10-13,15H,3-9,14H2,1-2H3. The van der Waals surface area contributed by atoms with E-state index in [-0.39, 0.29) is 6.04 Å². The Balaban J connectivity index is 2.09. The predicted octanol–water partition coefficient (Wildman–Crippen LogP) is 3.98. The Morgan fingerprint density at radius 1 is 1.14 bits per heavy atom. The van der Waals surface area contributed by atoms with Crippen LogP contribution < -0.4 is 0 Å². The lowest BCUT2D eigenvalue weighted by Gasteiger charge is -2.32. The Kier molecular flexibility index (Phi) is 5.82. The van der Waals surface area contributed by atoms with E-state index in [1.807, 2.05) is 19.1 Å². The Hall–Kier alpha value is -0.870. The van der Waals surface area contributed by atoms with Gasteiger partial charge in [0.25, 0.3) is 0 Å². The molecule has 0 aromatic heterocycles. The normalized spacial score (nSPS) is 20.6. The number of hydrogen-bond donors (Lipinski definition) is 0. The van der Waals surface area contributed by atoms with Crippen molar-refractivity contribution in [1.82, 2.24) is 4.31 Å². The lowest BCUT2D eigenvalue weighted by atomic mass is 10.1. The van der Waals surface area contributed by atoms with Crippen molar-refractivity contribution in [1.29, 1.82) is 0 Å². The Morgan fingerprint density at radius 3 is 2.48 bits per heavy atom. The molecule has 0 amide bonds. The van der Waals surface area contributed by atoms with Crippen LogP contribution >= 0.6 is 0 Å². The van der Waals surface area contributed by atoms with Gasteiger partial charge in [0, 0.05) is 12.6 Å². The number of sulfonamides is 1. The first-order valence-electron chi connectivity index (χ1n) is 8.16. The fourth-order valence-corrected chi connectivity index (χ4v) is 4.67. The minimum atomic E-state index is -3.32. The summed E-state index contributed by atoms with van der Waals surface area (Å²) in [5, 5.41) is 0. The third kappa shape index (κ3) is 4.07. The highest BCUT2D eigenvalue weighted by atomic mass is 32.2. The first-order chi connectivity index (χ1) is 10.1. The zero-order valence-electron chi connectivity index (χ0n) is 13.2. The maximum Gasteiger partial charge on any atom is 0.243 e. The van der Waals surface area contributed by atoms with E-state index >= 15 is 0 Å². The molecule has 0 spiro atoms. The van der Waals surface area contributed by atoms with E-state index in [1.54, 1.807) is 16.4 Å². The van der Waals surface area contributed by atoms with Crippen molar-refractivity contribution in [2.45, 2.75) is 69.7 Å². The molecule has 0 saturated carbocycles. The van der Waals surface area contributed by atoms with Crippen LogP contribution in [0.3, 0.4) is 0 Å². The van der Waals surface area contributed by atoms with Crippen LogP contribution in [0.5, 0.6) is 0 Å². The zero-order chi connectivity index (χ0) is 15.3. The number of aryl methyl sites for hydroxylation is 1. The van der Waals surface area contributed by atoms with Gasteiger partial charge in [0.2, 0.25) is 10.0 Å². The number of rotatable bonds is 6. The molecule has 1 aliphatic rings. The van der Waals surface area contributed by atoms with Crippen molar-refractivity contribution in [3.8, 4) is 0 Å². The average molecular weight is 309 g/mol. The molecule has 0 N–H and O–H groups in total. The second-order valence-corrected chi connectivity index (χ2v) is 7.95. The molecule has 1 fully saturated rings. The average Bonchev–Trinajstić information content (AvgIpc) is 2.48. The molecule has 0 bridgehead atoms. The second-order valence-electron chi connectivity index (χ2n) is 6.06. The van der Waals surface area contributed by atoms with Crippen molar-refractivity contribution < 1.29 is 8.42 Å². The third-order valence-electron chi connectivity index (χ3n) is 4.34. The molecule has 0 aliphatic carbocycles. The van der Waals surface area contributed by atoms with Crippen molar-refractivity contribution in [2.24, 2.45) is 0 Å². The van der Waals surface area contributed by atoms with Gasteiger partial charge in [0.05, 0.1) is 4.90 Å². The molecular weight excluding hydrogens is 282 g/mol. The first kappa shape index (κ1) is 16.5. The van der Waals surface area contributed by atoms with Gasteiger partial charge in [0.1, 0.15) is 0 Å². The van der Waals surface area contributed by atoms with Crippen LogP contribution in [0.15, 0.2) is 29.2 Å². The maximum absolute atomic E-state index is 12.7. The maximum atomic E-state index is 12.7. The van der Waals surface area contributed by atoms with Crippen molar-refractivity contribution in [3.05, 3.63) is 29.8 Å². The monoisotopic (exact) mass is 309 g/mol. The topological polar surface area (TPSA) is 37.4 Å². The van der Waals surface area contributed by atoms with Gasteiger partial charge < -0.3 is 0 Å². The van der Waals surface area contributed by atoms with Crippen LogP contribution in [0.1, 0.15) is 57.9 Å². The van der Waals surface area contributed by atoms with E-state index in [9.17, 15) is 8.42 Å². The fraction of sp³-hybridized carbons (Fsp3) is 0.647. The van der Waals surface area contributed by atoms with Gasteiger partial charge in [-0.25, -0.2) is 8.42 Å². The van der Waals surface area contributed by atoms with Gasteiger partial charge in [-0.15, -0.1) is 0 Å². The largest absolute Gasteiger partial charge is 0.243 e. The van der Waals surface area contributed by atoms with Crippen LogP contribution in [-0.2, 0) is 16.4 Å². The fourth-order valence-electron chi connectivity index (χ4n) is 2.97. The second kappa shape index (κ2) is 7.41. The minimum Gasteiger partial charge on any atom is -0.207 e. The van der Waals surface area contributed by atoms with Gasteiger partial charge in [-0.2, -0.15) is 4.31 Å². The number of unbranched alkanes of at least 4 members (excludes halogenated alkanes) is 2. The molecule has 1 heterocycles. The summed E-state index contributed by atoms with van der Waals surface area (Å²) in [7, 11) is -3.32. The predicted molar refractivity (Wildman–Crippen MR) is 86.9 cm³/mol. The summed E-state index contributed by atoms with van der Waals surface area (Å²) < 4.78 is 27.1. The Bertz CT molecular complexity index is 536. The van der Waals surface area contributed by atoms with Gasteiger partial charge >= 0.3 is 0 Å². The molecule has 1 aliphatic heterocycles. The van der Waals surface area contributed by atoms with E-state index in [4.69, 9.17) is 0 Å². The highest BCUT2D eigenvalue weighted by Crippen LogP contribution is 2.25. The highest BCUT2D eigenvalue weighted by Gasteiger charge is 2.30. The lowest BCUT2D eigenvalue weighted by molar-refractivity contribution is 0.268. The Morgan fingerprint density at radius 2 is 1.86 bits per heavy atom. The molecule has 1 aromatic rings. The van der Waals surface area contributed by atoms with Crippen LogP contribution in [0.4, 0.5) is 0 Å². The summed E-state index contributed by atoms with van der Waals surface area (Å²) in [4.78, 5) is 0.440. The molecule has 21 heavy (non-hydrogen) atoms. The van der Waals surface area contributed by atoms with Crippen LogP contribution in [0.25, 0.3) is 0 Å². The highest BCUT2D eigenvalue weighted by molar-refractivity contribution is 7.89. The van der Waals surface area contributed by atoms with E-state index < -0.39 is 10.0 Å². The van der Waals surface area contributed by atoms with E-state index in [1.165, 1.54) is 24.8 Å². The molecular formula is C17H27NO2S. The molecule has 1 atom stereocenters. The van der Waals surface area contributed by atoms with Crippen LogP contribution in [0.2, 0.25) is 0 Å². The summed E-state index contributed by atoms with van der Waals surface area (Å²) in [5.41, 5.74) is 1.23. The first-order valence-corrected chi connectivity index (χ1v) is 9.60. The van der Waals surface area contributed by atoms with Crippen LogP contribution in [-0.4, -0.2) is 25.3 Å². The third-order valence-corrected chi connectivity index (χ3v) is 6.37. The summed E-state index contributed by atoms with van der Waals surface area (Å²) in [6, 6.07) is 7.61. The molecule has 1 saturated heterocycles. The van der Waals surface area contributed by atoms with E-state index in [0.717, 1.165) is 25.7 Å². The zero-order valence-corrected chi connectivity index (χ0v) is 14.0.